The Balaban J connectivity index is 0.806. The number of rotatable bonds is 15. The van der Waals surface area contributed by atoms with Crippen LogP contribution in [0.25, 0.3) is 10.9 Å². The van der Waals surface area contributed by atoms with Crippen molar-refractivity contribution in [1.82, 2.24) is 20.5 Å². The van der Waals surface area contributed by atoms with E-state index in [-0.39, 0.29) is 42.7 Å². The molecular formula is C46H46N4O8S. The first-order valence-electron chi connectivity index (χ1n) is 19.8. The van der Waals surface area contributed by atoms with Gasteiger partial charge in [-0.3, -0.25) is 9.69 Å². The first-order valence-corrected chi connectivity index (χ1v) is 20.6. The van der Waals surface area contributed by atoms with E-state index in [1.165, 1.54) is 23.5 Å². The fourth-order valence-corrected chi connectivity index (χ4v) is 8.73. The zero-order valence-corrected chi connectivity index (χ0v) is 33.2. The molecule has 0 radical (unpaired) electrons. The van der Waals surface area contributed by atoms with Gasteiger partial charge in [0.05, 0.1) is 23.2 Å². The minimum atomic E-state index is -0.869. The average Bonchev–Trinajstić information content (AvgIpc) is 3.72. The largest absolute Gasteiger partial charge is 0.506 e. The number of aliphatic hydroxyl groups excluding tert-OH is 1. The van der Waals surface area contributed by atoms with Crippen molar-refractivity contribution in [1.29, 1.82) is 0 Å². The lowest BCUT2D eigenvalue weighted by molar-refractivity contribution is -0.0336. The molecule has 2 bridgehead atoms. The third kappa shape index (κ3) is 9.83. The molecule has 3 fully saturated rings. The van der Waals surface area contributed by atoms with Gasteiger partial charge in [0.1, 0.15) is 30.8 Å². The van der Waals surface area contributed by atoms with Crippen molar-refractivity contribution >= 4 is 34.3 Å². The maximum atomic E-state index is 13.2. The second-order valence-electron chi connectivity index (χ2n) is 15.0. The summed E-state index contributed by atoms with van der Waals surface area (Å²) < 4.78 is 17.7. The second-order valence-corrected chi connectivity index (χ2v) is 16.3. The molecule has 59 heavy (non-hydrogen) atoms. The highest BCUT2D eigenvalue weighted by molar-refractivity contribution is 7.11. The Morgan fingerprint density at radius 2 is 1.64 bits per heavy atom. The normalized spacial score (nSPS) is 18.2. The minimum absolute atomic E-state index is 0.0583. The van der Waals surface area contributed by atoms with E-state index in [9.17, 15) is 24.6 Å². The molecule has 0 aliphatic carbocycles. The molecule has 304 valence electrons. The van der Waals surface area contributed by atoms with Crippen LogP contribution >= 0.6 is 11.3 Å². The number of aromatic amines is 1. The number of thiophene rings is 1. The Bertz CT molecular complexity index is 2450. The van der Waals surface area contributed by atoms with Gasteiger partial charge in [-0.1, -0.05) is 60.7 Å². The number of benzene rings is 4. The Kier molecular flexibility index (Phi) is 12.3. The van der Waals surface area contributed by atoms with Crippen LogP contribution in [0.5, 0.6) is 11.5 Å². The van der Waals surface area contributed by atoms with Crippen LogP contribution in [0.4, 0.5) is 4.79 Å². The van der Waals surface area contributed by atoms with Gasteiger partial charge in [0.2, 0.25) is 5.56 Å². The number of phenols is 1. The number of fused-ring (bicyclic) bond motifs is 4. The molecule has 2 aromatic heterocycles. The fraction of sp³-hybridized carbons (Fsp3) is 0.283. The van der Waals surface area contributed by atoms with E-state index in [1.807, 2.05) is 78.9 Å². The average molecular weight is 815 g/mol. The molecule has 3 atom stereocenters. The van der Waals surface area contributed by atoms with Crippen molar-refractivity contribution in [2.24, 2.45) is 5.92 Å². The van der Waals surface area contributed by atoms with Crippen LogP contribution in [0.15, 0.2) is 120 Å². The third-order valence-electron chi connectivity index (χ3n) is 11.0. The lowest BCUT2D eigenvalue weighted by atomic mass is 9.86. The molecular weight excluding hydrogens is 769 g/mol. The number of pyridine rings is 1. The fourth-order valence-electron chi connectivity index (χ4n) is 7.83. The summed E-state index contributed by atoms with van der Waals surface area (Å²) in [5.41, 5.74) is 3.65. The number of piperidine rings is 3. The molecule has 0 spiro atoms. The van der Waals surface area contributed by atoms with E-state index in [1.54, 1.807) is 24.3 Å². The van der Waals surface area contributed by atoms with Crippen LogP contribution < -0.4 is 20.9 Å². The molecule has 0 unspecified atom stereocenters. The number of H-pyrrole nitrogens is 1. The molecule has 0 saturated carbocycles. The van der Waals surface area contributed by atoms with Gasteiger partial charge >= 0.3 is 12.1 Å². The molecule has 4 aromatic carbocycles. The van der Waals surface area contributed by atoms with Gasteiger partial charge in [-0.05, 0) is 103 Å². The predicted octanol–water partition coefficient (Wildman–Crippen LogP) is 6.96. The molecule has 12 nitrogen and oxygen atoms in total. The van der Waals surface area contributed by atoms with E-state index in [0.29, 0.717) is 34.7 Å². The number of ether oxygens (including phenoxy) is 3. The zero-order valence-electron chi connectivity index (χ0n) is 32.3. The third-order valence-corrected chi connectivity index (χ3v) is 12.1. The molecule has 5 N–H and O–H groups in total. The van der Waals surface area contributed by atoms with E-state index in [0.717, 1.165) is 58.9 Å². The number of hydrogen-bond acceptors (Lipinski definition) is 11. The van der Waals surface area contributed by atoms with Crippen LogP contribution in [-0.2, 0) is 29.2 Å². The minimum Gasteiger partial charge on any atom is -0.506 e. The van der Waals surface area contributed by atoms with Crippen LogP contribution in [0.2, 0.25) is 0 Å². The van der Waals surface area contributed by atoms with Crippen LogP contribution in [0, 0.1) is 5.92 Å². The van der Waals surface area contributed by atoms with Gasteiger partial charge in [0.25, 0.3) is 0 Å². The number of nitrogens with zero attached hydrogens (tertiary/aromatic N) is 1. The van der Waals surface area contributed by atoms with E-state index in [4.69, 9.17) is 14.2 Å². The molecule has 6 aromatic rings. The lowest BCUT2D eigenvalue weighted by Crippen LogP contribution is -2.52. The monoisotopic (exact) mass is 814 g/mol. The van der Waals surface area contributed by atoms with Crippen molar-refractivity contribution in [2.75, 3.05) is 26.2 Å². The molecule has 5 heterocycles. The van der Waals surface area contributed by atoms with Crippen molar-refractivity contribution in [3.05, 3.63) is 163 Å². The second kappa shape index (κ2) is 18.3. The number of aromatic nitrogens is 1. The van der Waals surface area contributed by atoms with E-state index in [2.05, 4.69) is 20.5 Å². The van der Waals surface area contributed by atoms with Gasteiger partial charge in [-0.25, -0.2) is 9.59 Å². The van der Waals surface area contributed by atoms with E-state index >= 15 is 0 Å². The SMILES string of the molecule is O=C(N[C@@H](c1ccccc1)c1cccc(OCc2ccc(C(=O)OCc3ccc(CNC[C@H](O)c4ccc(O)c5[nH]c(=O)ccc45)s3)cc2)c1)O[C@H]1CN2CCC1CC2. The van der Waals surface area contributed by atoms with Crippen LogP contribution in [0.3, 0.4) is 0 Å². The first-order chi connectivity index (χ1) is 28.8. The maximum absolute atomic E-state index is 13.2. The van der Waals surface area contributed by atoms with Crippen LogP contribution in [-0.4, -0.2) is 64.4 Å². The zero-order chi connectivity index (χ0) is 40.7. The van der Waals surface area contributed by atoms with Crippen LogP contribution in [0.1, 0.15) is 67.4 Å². The Hall–Kier alpha value is -5.99. The Labute approximate surface area is 345 Å². The Morgan fingerprint density at radius 3 is 2.42 bits per heavy atom. The van der Waals surface area contributed by atoms with Crippen molar-refractivity contribution < 1.29 is 34.0 Å². The number of amides is 1. The number of phenolic OH excluding ortho intramolecular Hbond substituents is 1. The van der Waals surface area contributed by atoms with Crippen molar-refractivity contribution in [2.45, 2.75) is 50.8 Å². The number of nitrogens with one attached hydrogen (secondary N) is 3. The molecule has 3 aliphatic heterocycles. The van der Waals surface area contributed by atoms with Crippen molar-refractivity contribution in [3.63, 3.8) is 0 Å². The number of carbonyl (C=O) groups is 2. The molecule has 3 saturated heterocycles. The highest BCUT2D eigenvalue weighted by atomic mass is 32.1. The van der Waals surface area contributed by atoms with Gasteiger partial charge in [0.15, 0.2) is 0 Å². The predicted molar refractivity (Wildman–Crippen MR) is 224 cm³/mol. The lowest BCUT2D eigenvalue weighted by Gasteiger charge is -2.43. The smallest absolute Gasteiger partial charge is 0.408 e. The highest BCUT2D eigenvalue weighted by Crippen LogP contribution is 2.32. The maximum Gasteiger partial charge on any atom is 0.408 e. The van der Waals surface area contributed by atoms with Gasteiger partial charge in [0, 0.05) is 40.8 Å². The highest BCUT2D eigenvalue weighted by Gasteiger charge is 2.37. The number of hydrogen-bond donors (Lipinski definition) is 5. The first kappa shape index (κ1) is 39.8. The summed E-state index contributed by atoms with van der Waals surface area (Å²) in [6, 6.07) is 34.1. The summed E-state index contributed by atoms with van der Waals surface area (Å²) in [7, 11) is 0. The molecule has 3 aliphatic rings. The standard InChI is InChI=1S/C46H46N4O8S/c51-39-17-15-37(38-16-18-42(53)48-44(38)39)40(52)25-47-24-35-13-14-36(59-35)28-57-45(54)32-11-9-29(10-12-32)27-56-34-8-4-7-33(23-34)43(31-5-2-1-3-6-31)49-46(55)58-41-26-50-21-19-30(41)20-22-50/h1-18,23,30,40-41,43,47,51-52H,19-22,24-28H2,(H,48,53)(H,49,55)/t40-,41-,43-/m0/s1. The summed E-state index contributed by atoms with van der Waals surface area (Å²) in [4.78, 5) is 44.7. The van der Waals surface area contributed by atoms with Gasteiger partial charge in [-0.2, -0.15) is 0 Å². The summed E-state index contributed by atoms with van der Waals surface area (Å²) in [5, 5.41) is 27.9. The Morgan fingerprint density at radius 1 is 0.864 bits per heavy atom. The number of alkyl carbamates (subject to hydrolysis) is 1. The number of esters is 1. The van der Waals surface area contributed by atoms with E-state index < -0.39 is 24.2 Å². The number of aromatic hydroxyl groups is 1. The van der Waals surface area contributed by atoms with Gasteiger partial charge in [-0.15, -0.1) is 11.3 Å². The molecule has 9 rings (SSSR count). The number of aliphatic hydroxyl groups is 1. The summed E-state index contributed by atoms with van der Waals surface area (Å²) >= 11 is 1.50. The van der Waals surface area contributed by atoms with Crippen molar-refractivity contribution in [3.8, 4) is 11.5 Å². The summed E-state index contributed by atoms with van der Waals surface area (Å²) in [6.45, 7) is 4.09. The van der Waals surface area contributed by atoms with Gasteiger partial charge < -0.3 is 40.0 Å². The summed E-state index contributed by atoms with van der Waals surface area (Å²) in [5.74, 6) is 0.567. The quantitative estimate of drug-likeness (QED) is 0.0686. The molecule has 13 heteroatoms. The summed E-state index contributed by atoms with van der Waals surface area (Å²) in [6.07, 6.45) is 0.744. The molecule has 1 amide bonds. The number of carbonyl (C=O) groups excluding carboxylic acids is 2. The topological polar surface area (TPSA) is 162 Å².